The molecule has 9 nitrogen and oxygen atoms in total. The predicted octanol–water partition coefficient (Wildman–Crippen LogP) is 0.372. The number of nitrogens with one attached hydrogen (secondary N) is 2. The number of non-ortho nitro benzene ring substituents is 1. The molecular weight excluding hydrogens is 374 g/mol. The number of carbonyl (C=O) groups is 1. The van der Waals surface area contributed by atoms with E-state index in [1.54, 1.807) is 11.0 Å². The van der Waals surface area contributed by atoms with E-state index in [2.05, 4.69) is 9.97 Å². The van der Waals surface area contributed by atoms with E-state index in [-0.39, 0.29) is 17.2 Å². The number of rotatable bonds is 4. The highest BCUT2D eigenvalue weighted by Crippen LogP contribution is 2.13. The van der Waals surface area contributed by atoms with Crippen molar-refractivity contribution in [3.05, 3.63) is 80.4 Å². The van der Waals surface area contributed by atoms with E-state index < -0.39 is 4.92 Å². The first kappa shape index (κ1) is 18.8. The third-order valence-corrected chi connectivity index (χ3v) is 5.16. The van der Waals surface area contributed by atoms with Gasteiger partial charge in [0.2, 0.25) is 0 Å². The molecule has 0 radical (unpaired) electrons. The third-order valence-electron chi connectivity index (χ3n) is 5.16. The number of hydrogen-bond donors (Lipinski definition) is 2. The third kappa shape index (κ3) is 3.99. The number of para-hydroxylation sites is 1. The van der Waals surface area contributed by atoms with E-state index in [1.165, 1.54) is 29.2 Å². The number of H-pyrrole nitrogens is 1. The number of nitro groups is 1. The van der Waals surface area contributed by atoms with Gasteiger partial charge < -0.3 is 14.8 Å². The molecule has 0 atom stereocenters. The van der Waals surface area contributed by atoms with Crippen LogP contribution in [0.1, 0.15) is 16.2 Å². The monoisotopic (exact) mass is 394 g/mol. The Hall–Kier alpha value is -3.59. The molecule has 1 aromatic heterocycles. The first-order valence-corrected chi connectivity index (χ1v) is 9.36. The predicted molar refractivity (Wildman–Crippen MR) is 106 cm³/mol. The Morgan fingerprint density at radius 2 is 1.83 bits per heavy atom. The van der Waals surface area contributed by atoms with Crippen LogP contribution in [0.25, 0.3) is 10.9 Å². The van der Waals surface area contributed by atoms with Crippen molar-refractivity contribution in [2.45, 2.75) is 6.54 Å². The molecule has 0 bridgehead atoms. The molecule has 3 aromatic rings. The molecular formula is C20H20N5O4+. The van der Waals surface area contributed by atoms with E-state index in [4.69, 9.17) is 0 Å². The fourth-order valence-electron chi connectivity index (χ4n) is 3.57. The summed E-state index contributed by atoms with van der Waals surface area (Å²) in [5.74, 6) is 0.509. The van der Waals surface area contributed by atoms with Crippen molar-refractivity contribution >= 4 is 22.5 Å². The van der Waals surface area contributed by atoms with Crippen LogP contribution >= 0.6 is 0 Å². The quantitative estimate of drug-likeness (QED) is 0.490. The van der Waals surface area contributed by atoms with E-state index in [1.807, 2.05) is 18.2 Å². The van der Waals surface area contributed by atoms with Crippen LogP contribution in [0.5, 0.6) is 0 Å². The Morgan fingerprint density at radius 1 is 1.14 bits per heavy atom. The van der Waals surface area contributed by atoms with Crippen molar-refractivity contribution in [1.29, 1.82) is 0 Å². The van der Waals surface area contributed by atoms with Crippen molar-refractivity contribution in [3.8, 4) is 0 Å². The molecule has 1 fully saturated rings. The summed E-state index contributed by atoms with van der Waals surface area (Å²) in [5.41, 5.74) is 0.946. The Labute approximate surface area is 165 Å². The normalized spacial score (nSPS) is 14.8. The summed E-state index contributed by atoms with van der Waals surface area (Å²) in [6.45, 7) is 3.19. The maximum absolute atomic E-state index is 12.6. The van der Waals surface area contributed by atoms with Gasteiger partial charge in [-0.05, 0) is 24.3 Å². The van der Waals surface area contributed by atoms with Crippen LogP contribution in [-0.4, -0.2) is 51.9 Å². The summed E-state index contributed by atoms with van der Waals surface area (Å²) in [4.78, 5) is 45.5. The molecule has 1 aliphatic rings. The van der Waals surface area contributed by atoms with Crippen molar-refractivity contribution < 1.29 is 14.6 Å². The summed E-state index contributed by atoms with van der Waals surface area (Å²) in [5, 5.41) is 11.3. The molecule has 2 aromatic carbocycles. The first-order valence-electron chi connectivity index (χ1n) is 9.36. The lowest BCUT2D eigenvalue weighted by atomic mass is 10.1. The molecule has 1 amide bonds. The van der Waals surface area contributed by atoms with Crippen LogP contribution in [0, 0.1) is 10.1 Å². The number of hydrogen-bond acceptors (Lipinski definition) is 5. The second-order valence-corrected chi connectivity index (χ2v) is 7.05. The number of nitrogens with zero attached hydrogens (tertiary/aromatic N) is 3. The number of fused-ring (bicyclic) bond motifs is 1. The van der Waals surface area contributed by atoms with Gasteiger partial charge in [0, 0.05) is 17.7 Å². The van der Waals surface area contributed by atoms with Gasteiger partial charge in [0.1, 0.15) is 6.54 Å². The highest BCUT2D eigenvalue weighted by Gasteiger charge is 2.25. The van der Waals surface area contributed by atoms with Crippen LogP contribution in [-0.2, 0) is 6.54 Å². The molecule has 0 saturated carbocycles. The van der Waals surface area contributed by atoms with Gasteiger partial charge in [-0.15, -0.1) is 0 Å². The Kier molecular flexibility index (Phi) is 5.05. The number of piperazine rings is 1. The average molecular weight is 394 g/mol. The molecule has 2 heterocycles. The lowest BCUT2D eigenvalue weighted by Gasteiger charge is -2.32. The van der Waals surface area contributed by atoms with E-state index >= 15 is 0 Å². The molecule has 1 aliphatic heterocycles. The van der Waals surface area contributed by atoms with Crippen LogP contribution in [0.2, 0.25) is 0 Å². The van der Waals surface area contributed by atoms with E-state index in [9.17, 15) is 19.7 Å². The van der Waals surface area contributed by atoms with Crippen LogP contribution in [0.4, 0.5) is 5.69 Å². The number of nitro benzene ring substituents is 1. The lowest BCUT2D eigenvalue weighted by molar-refractivity contribution is -0.918. The molecule has 1 saturated heterocycles. The smallest absolute Gasteiger partial charge is 0.269 e. The SMILES string of the molecule is O=C(c1ccc([N+](=O)[O-])cc1)N1CC[NH+](Cc2nc3ccccc3c(=O)[nH]2)CC1. The molecule has 0 spiro atoms. The standard InChI is InChI=1S/C20H19N5O4/c26-19-16-3-1-2-4-17(16)21-18(22-19)13-23-9-11-24(12-10-23)20(27)14-5-7-15(8-6-14)25(28)29/h1-8H,9-13H2,(H,21,22,26)/p+1. The minimum absolute atomic E-state index is 0.0345. The zero-order chi connectivity index (χ0) is 20.4. The molecule has 9 heteroatoms. The largest absolute Gasteiger partial charge is 0.327 e. The summed E-state index contributed by atoms with van der Waals surface area (Å²) >= 11 is 0. The fourth-order valence-corrected chi connectivity index (χ4v) is 3.57. The van der Waals surface area contributed by atoms with Crippen molar-refractivity contribution in [2.75, 3.05) is 26.2 Å². The Morgan fingerprint density at radius 3 is 2.52 bits per heavy atom. The number of amides is 1. The Bertz CT molecular complexity index is 1120. The van der Waals surface area contributed by atoms with Crippen molar-refractivity contribution in [1.82, 2.24) is 14.9 Å². The molecule has 148 valence electrons. The maximum atomic E-state index is 12.6. The minimum Gasteiger partial charge on any atom is -0.327 e. The van der Waals surface area contributed by atoms with Crippen LogP contribution < -0.4 is 10.5 Å². The van der Waals surface area contributed by atoms with Gasteiger partial charge in [-0.3, -0.25) is 19.7 Å². The summed E-state index contributed by atoms with van der Waals surface area (Å²) in [7, 11) is 0. The highest BCUT2D eigenvalue weighted by atomic mass is 16.6. The number of aromatic nitrogens is 2. The zero-order valence-electron chi connectivity index (χ0n) is 15.6. The average Bonchev–Trinajstić information content (AvgIpc) is 2.74. The molecule has 29 heavy (non-hydrogen) atoms. The summed E-state index contributed by atoms with van der Waals surface area (Å²) in [6.07, 6.45) is 0. The van der Waals surface area contributed by atoms with Gasteiger partial charge in [0.05, 0.1) is 42.0 Å². The number of benzene rings is 2. The zero-order valence-corrected chi connectivity index (χ0v) is 15.6. The minimum atomic E-state index is -0.485. The van der Waals surface area contributed by atoms with Gasteiger partial charge in [0.15, 0.2) is 5.82 Å². The molecule has 4 rings (SSSR count). The number of aromatic amines is 1. The number of carbonyl (C=O) groups excluding carboxylic acids is 1. The lowest BCUT2D eigenvalue weighted by Crippen LogP contribution is -3.13. The van der Waals surface area contributed by atoms with Crippen molar-refractivity contribution in [3.63, 3.8) is 0 Å². The molecule has 2 N–H and O–H groups in total. The van der Waals surface area contributed by atoms with Gasteiger partial charge in [-0.25, -0.2) is 4.98 Å². The Balaban J connectivity index is 1.38. The number of quaternary nitrogens is 1. The second kappa shape index (κ2) is 7.80. The van der Waals surface area contributed by atoms with Gasteiger partial charge in [0.25, 0.3) is 17.2 Å². The second-order valence-electron chi connectivity index (χ2n) is 7.05. The van der Waals surface area contributed by atoms with Gasteiger partial charge in [-0.2, -0.15) is 0 Å². The van der Waals surface area contributed by atoms with E-state index in [0.29, 0.717) is 41.9 Å². The molecule has 0 aliphatic carbocycles. The summed E-state index contributed by atoms with van der Waals surface area (Å²) in [6, 6.07) is 12.9. The van der Waals surface area contributed by atoms with Crippen molar-refractivity contribution in [2.24, 2.45) is 0 Å². The molecule has 0 unspecified atom stereocenters. The van der Waals surface area contributed by atoms with Gasteiger partial charge in [-0.1, -0.05) is 12.1 Å². The van der Waals surface area contributed by atoms with Gasteiger partial charge >= 0.3 is 0 Å². The maximum Gasteiger partial charge on any atom is 0.269 e. The highest BCUT2D eigenvalue weighted by molar-refractivity contribution is 5.94. The fraction of sp³-hybridized carbons (Fsp3) is 0.250. The van der Waals surface area contributed by atoms with Crippen LogP contribution in [0.3, 0.4) is 0 Å². The summed E-state index contributed by atoms with van der Waals surface area (Å²) < 4.78 is 0. The van der Waals surface area contributed by atoms with E-state index in [0.717, 1.165) is 13.1 Å². The topological polar surface area (TPSA) is 114 Å². The van der Waals surface area contributed by atoms with Crippen LogP contribution in [0.15, 0.2) is 53.3 Å². The first-order chi connectivity index (χ1) is 14.0.